The third kappa shape index (κ3) is 3.41. The summed E-state index contributed by atoms with van der Waals surface area (Å²) in [6.45, 7) is 0. The third-order valence-electron chi connectivity index (χ3n) is 9.68. The van der Waals surface area contributed by atoms with Gasteiger partial charge in [-0.2, -0.15) is 0 Å². The Bertz CT molecular complexity index is 2730. The van der Waals surface area contributed by atoms with Crippen molar-refractivity contribution in [2.45, 2.75) is 0 Å². The van der Waals surface area contributed by atoms with Crippen LogP contribution in [-0.2, 0) is 0 Å². The Morgan fingerprint density at radius 3 is 1.26 bits per heavy atom. The molecule has 0 N–H and O–H groups in total. The van der Waals surface area contributed by atoms with Crippen molar-refractivity contribution in [3.63, 3.8) is 0 Å². The van der Waals surface area contributed by atoms with Crippen molar-refractivity contribution in [3.8, 4) is 22.5 Å². The highest BCUT2D eigenvalue weighted by Crippen LogP contribution is 2.46. The minimum Gasteiger partial charge on any atom is -0.309 e. The lowest BCUT2D eigenvalue weighted by Crippen LogP contribution is -1.99. The molecule has 0 atom stereocenters. The summed E-state index contributed by atoms with van der Waals surface area (Å²) in [6, 6.07) is 61.8. The number of hydrogen-bond acceptors (Lipinski definition) is 0. The summed E-state index contributed by atoms with van der Waals surface area (Å²) in [5.74, 6) is 0. The fourth-order valence-corrected chi connectivity index (χ4v) is 7.88. The first kappa shape index (κ1) is 25.2. The van der Waals surface area contributed by atoms with Crippen LogP contribution < -0.4 is 0 Å². The van der Waals surface area contributed by atoms with E-state index >= 15 is 0 Å². The number of benzene rings is 8. The number of aromatic nitrogens is 2. The van der Waals surface area contributed by atoms with Crippen molar-refractivity contribution in [2.75, 3.05) is 0 Å². The van der Waals surface area contributed by atoms with Gasteiger partial charge in [0.15, 0.2) is 0 Å². The predicted octanol–water partition coefficient (Wildman–Crippen LogP) is 11.9. The molecule has 0 aliphatic rings. The molecule has 0 bridgehead atoms. The fraction of sp³-hybridized carbons (Fsp3) is 0. The Balaban J connectivity index is 1.42. The van der Waals surface area contributed by atoms with E-state index in [0.717, 1.165) is 0 Å². The van der Waals surface area contributed by atoms with E-state index in [4.69, 9.17) is 0 Å². The standard InChI is InChI=1S/C44H28N2/c1-3-15-29(16-4-1)41-31-19-7-9-21-33(31)44(34-22-10-8-20-32(34)41)46-38-26-14-12-24-36(38)43-40(46)28-27-39-42(43)35-23-11-13-25-37(35)45(39)30-17-5-2-6-18-30/h1-28H. The number of rotatable bonds is 3. The first-order chi connectivity index (χ1) is 22.9. The lowest BCUT2D eigenvalue weighted by atomic mass is 9.90. The van der Waals surface area contributed by atoms with E-state index in [1.165, 1.54) is 87.7 Å². The quantitative estimate of drug-likeness (QED) is 0.183. The Kier molecular flexibility index (Phi) is 5.31. The smallest absolute Gasteiger partial charge is 0.0619 e. The van der Waals surface area contributed by atoms with Crippen molar-refractivity contribution in [1.29, 1.82) is 0 Å². The van der Waals surface area contributed by atoms with E-state index in [-0.39, 0.29) is 0 Å². The molecule has 0 aliphatic heterocycles. The van der Waals surface area contributed by atoms with Gasteiger partial charge in [0, 0.05) is 38.0 Å². The third-order valence-corrected chi connectivity index (χ3v) is 9.68. The molecule has 214 valence electrons. The molecule has 0 fully saturated rings. The van der Waals surface area contributed by atoms with Crippen LogP contribution in [-0.4, -0.2) is 9.13 Å². The lowest BCUT2D eigenvalue weighted by Gasteiger charge is -2.19. The van der Waals surface area contributed by atoms with Crippen molar-refractivity contribution in [1.82, 2.24) is 9.13 Å². The summed E-state index contributed by atoms with van der Waals surface area (Å²) in [5.41, 5.74) is 9.78. The number of nitrogens with zero attached hydrogens (tertiary/aromatic N) is 2. The zero-order valence-electron chi connectivity index (χ0n) is 25.1. The lowest BCUT2D eigenvalue weighted by molar-refractivity contribution is 1.18. The average Bonchev–Trinajstić information content (AvgIpc) is 3.64. The van der Waals surface area contributed by atoms with Gasteiger partial charge in [0.2, 0.25) is 0 Å². The second-order valence-corrected chi connectivity index (χ2v) is 12.1. The molecule has 0 aliphatic carbocycles. The van der Waals surface area contributed by atoms with Gasteiger partial charge < -0.3 is 9.13 Å². The van der Waals surface area contributed by atoms with Crippen LogP contribution in [0.15, 0.2) is 170 Å². The summed E-state index contributed by atoms with van der Waals surface area (Å²) in [5, 5.41) is 10.1. The van der Waals surface area contributed by atoms with E-state index < -0.39 is 0 Å². The molecule has 0 radical (unpaired) electrons. The molecule has 10 aromatic rings. The highest BCUT2D eigenvalue weighted by molar-refractivity contribution is 6.30. The highest BCUT2D eigenvalue weighted by Gasteiger charge is 2.23. The van der Waals surface area contributed by atoms with E-state index in [1.807, 2.05) is 0 Å². The zero-order chi connectivity index (χ0) is 30.2. The highest BCUT2D eigenvalue weighted by atomic mass is 15.0. The maximum absolute atomic E-state index is 2.53. The van der Waals surface area contributed by atoms with Crippen LogP contribution in [0.2, 0.25) is 0 Å². The van der Waals surface area contributed by atoms with Crippen LogP contribution in [0.4, 0.5) is 0 Å². The molecule has 2 nitrogen and oxygen atoms in total. The summed E-state index contributed by atoms with van der Waals surface area (Å²) >= 11 is 0. The maximum Gasteiger partial charge on any atom is 0.0619 e. The van der Waals surface area contributed by atoms with Gasteiger partial charge in [0.1, 0.15) is 0 Å². The zero-order valence-corrected chi connectivity index (χ0v) is 25.1. The first-order valence-electron chi connectivity index (χ1n) is 15.9. The molecular formula is C44H28N2. The van der Waals surface area contributed by atoms with Gasteiger partial charge in [0.25, 0.3) is 0 Å². The molecule has 46 heavy (non-hydrogen) atoms. The Hall–Kier alpha value is -6.12. The van der Waals surface area contributed by atoms with Gasteiger partial charge in [-0.05, 0) is 58.3 Å². The van der Waals surface area contributed by atoms with Crippen LogP contribution in [0, 0.1) is 0 Å². The summed E-state index contributed by atoms with van der Waals surface area (Å²) in [4.78, 5) is 0. The molecule has 0 saturated heterocycles. The first-order valence-corrected chi connectivity index (χ1v) is 15.9. The van der Waals surface area contributed by atoms with E-state index in [9.17, 15) is 0 Å². The molecule has 2 aromatic heterocycles. The molecule has 2 heterocycles. The topological polar surface area (TPSA) is 9.86 Å². The Morgan fingerprint density at radius 1 is 0.283 bits per heavy atom. The summed E-state index contributed by atoms with van der Waals surface area (Å²) in [6.07, 6.45) is 0. The molecule has 0 saturated carbocycles. The van der Waals surface area contributed by atoms with Crippen molar-refractivity contribution in [2.24, 2.45) is 0 Å². The molecule has 0 unspecified atom stereocenters. The van der Waals surface area contributed by atoms with Crippen LogP contribution in [0.25, 0.3) is 87.7 Å². The monoisotopic (exact) mass is 584 g/mol. The minimum atomic E-state index is 1.17. The van der Waals surface area contributed by atoms with Gasteiger partial charge in [-0.3, -0.25) is 0 Å². The van der Waals surface area contributed by atoms with Crippen LogP contribution in [0.5, 0.6) is 0 Å². The minimum absolute atomic E-state index is 1.17. The second kappa shape index (κ2) is 9.69. The van der Waals surface area contributed by atoms with Gasteiger partial charge in [-0.15, -0.1) is 0 Å². The van der Waals surface area contributed by atoms with Crippen LogP contribution in [0.1, 0.15) is 0 Å². The molecule has 0 amide bonds. The van der Waals surface area contributed by atoms with Crippen LogP contribution >= 0.6 is 0 Å². The molecule has 10 rings (SSSR count). The SMILES string of the molecule is c1ccc(-c2c3ccccc3c(-n3c4ccccc4c4c5c6ccccc6n(-c6ccccc6)c5ccc43)c3ccccc23)cc1. The van der Waals surface area contributed by atoms with E-state index in [1.54, 1.807) is 0 Å². The fourth-order valence-electron chi connectivity index (χ4n) is 7.88. The van der Waals surface area contributed by atoms with Crippen molar-refractivity contribution < 1.29 is 0 Å². The van der Waals surface area contributed by atoms with Crippen LogP contribution in [0.3, 0.4) is 0 Å². The summed E-state index contributed by atoms with van der Waals surface area (Å²) < 4.78 is 4.94. The van der Waals surface area contributed by atoms with Gasteiger partial charge >= 0.3 is 0 Å². The van der Waals surface area contributed by atoms with Gasteiger partial charge in [-0.1, -0.05) is 133 Å². The molecule has 0 spiro atoms. The van der Waals surface area contributed by atoms with Gasteiger partial charge in [-0.25, -0.2) is 0 Å². The van der Waals surface area contributed by atoms with E-state index in [2.05, 4.69) is 179 Å². The summed E-state index contributed by atoms with van der Waals surface area (Å²) in [7, 11) is 0. The second-order valence-electron chi connectivity index (χ2n) is 12.1. The molecule has 8 aromatic carbocycles. The predicted molar refractivity (Wildman–Crippen MR) is 196 cm³/mol. The Labute approximate surface area is 266 Å². The maximum atomic E-state index is 2.53. The molecular weight excluding hydrogens is 556 g/mol. The average molecular weight is 585 g/mol. The van der Waals surface area contributed by atoms with Crippen molar-refractivity contribution >= 4 is 65.2 Å². The number of para-hydroxylation sites is 3. The van der Waals surface area contributed by atoms with E-state index in [0.29, 0.717) is 0 Å². The number of hydrogen-bond donors (Lipinski definition) is 0. The van der Waals surface area contributed by atoms with Crippen molar-refractivity contribution in [3.05, 3.63) is 170 Å². The van der Waals surface area contributed by atoms with Gasteiger partial charge in [0.05, 0.1) is 27.8 Å². The largest absolute Gasteiger partial charge is 0.309 e. The normalized spacial score (nSPS) is 11.9. The Morgan fingerprint density at radius 2 is 0.696 bits per heavy atom. The number of fused-ring (bicyclic) bond motifs is 9. The molecule has 2 heteroatoms.